The summed E-state index contributed by atoms with van der Waals surface area (Å²) in [6.45, 7) is 0. The highest BCUT2D eigenvalue weighted by molar-refractivity contribution is 5.93. The number of Topliss-reactive ketones (excluding diaryl/α,β-unsaturated/α-hetero) is 1. The van der Waals surface area contributed by atoms with Gasteiger partial charge in [-0.1, -0.05) is 0 Å². The lowest BCUT2D eigenvalue weighted by atomic mass is 9.97. The monoisotopic (exact) mass is 170 g/mol. The zero-order chi connectivity index (χ0) is 9.30. The molecule has 0 heterocycles. The van der Waals surface area contributed by atoms with E-state index in [1.54, 1.807) is 0 Å². The van der Waals surface area contributed by atoms with Gasteiger partial charge in [0, 0.05) is 36.6 Å². The average molecular weight is 170 g/mol. The van der Waals surface area contributed by atoms with Gasteiger partial charge in [-0.3, -0.25) is 4.79 Å². The summed E-state index contributed by atoms with van der Waals surface area (Å²) in [5, 5.41) is 20.6. The molecule has 0 amide bonds. The van der Waals surface area contributed by atoms with Gasteiger partial charge >= 0.3 is 0 Å². The molecule has 0 aromatic heterocycles. The van der Waals surface area contributed by atoms with E-state index in [2.05, 4.69) is 0 Å². The number of hydrogen-bond donors (Lipinski definition) is 0. The van der Waals surface area contributed by atoms with Crippen LogP contribution in [0, 0.1) is 11.8 Å². The first-order valence-electron chi connectivity index (χ1n) is 3.45. The molecular weight excluding hydrogens is 164 g/mol. The Kier molecular flexibility index (Phi) is 2.12. The molecule has 1 rings (SSSR count). The van der Waals surface area contributed by atoms with Crippen LogP contribution in [-0.2, 0) is 14.4 Å². The minimum absolute atomic E-state index is 0.249. The zero-order valence-electron chi connectivity index (χ0n) is 6.11. The molecule has 2 atom stereocenters. The van der Waals surface area contributed by atoms with Gasteiger partial charge in [0.05, 0.1) is 0 Å². The van der Waals surface area contributed by atoms with E-state index in [0.717, 1.165) is 0 Å². The van der Waals surface area contributed by atoms with Crippen molar-refractivity contribution in [3.05, 3.63) is 0 Å². The number of aliphatic carboxylic acids is 2. The molecule has 0 N–H and O–H groups in total. The maximum atomic E-state index is 10.7. The van der Waals surface area contributed by atoms with Crippen molar-refractivity contribution in [2.75, 3.05) is 0 Å². The topological polar surface area (TPSA) is 97.3 Å². The SMILES string of the molecule is O=C1C[C@@H](C(=O)[O-])[C@H](C(=O)[O-])C1. The number of carbonyl (C=O) groups excluding carboxylic acids is 3. The minimum atomic E-state index is -1.49. The van der Waals surface area contributed by atoms with Gasteiger partial charge in [0.1, 0.15) is 5.78 Å². The number of carboxylic acids is 2. The Morgan fingerprint density at radius 1 is 1.08 bits per heavy atom. The number of carboxylic acid groups (broad SMARTS) is 2. The highest BCUT2D eigenvalue weighted by Crippen LogP contribution is 2.28. The lowest BCUT2D eigenvalue weighted by molar-refractivity contribution is -0.325. The van der Waals surface area contributed by atoms with E-state index in [9.17, 15) is 24.6 Å². The fourth-order valence-electron chi connectivity index (χ4n) is 1.35. The Hall–Kier alpha value is -1.39. The summed E-state index contributed by atoms with van der Waals surface area (Å²) >= 11 is 0. The predicted octanol–water partition coefficient (Wildman–Crippen LogP) is -2.92. The molecule has 5 heteroatoms. The van der Waals surface area contributed by atoms with Gasteiger partial charge < -0.3 is 19.8 Å². The molecule has 1 aliphatic rings. The fourth-order valence-corrected chi connectivity index (χ4v) is 1.35. The van der Waals surface area contributed by atoms with Crippen molar-refractivity contribution in [1.82, 2.24) is 0 Å². The number of rotatable bonds is 2. The fraction of sp³-hybridized carbons (Fsp3) is 0.571. The highest BCUT2D eigenvalue weighted by Gasteiger charge is 2.34. The Balaban J connectivity index is 2.79. The molecule has 0 saturated heterocycles. The van der Waals surface area contributed by atoms with Crippen molar-refractivity contribution in [2.24, 2.45) is 11.8 Å². The second-order valence-corrected chi connectivity index (χ2v) is 2.80. The molecule has 1 fully saturated rings. The third kappa shape index (κ3) is 1.44. The molecule has 0 bridgehead atoms. The summed E-state index contributed by atoms with van der Waals surface area (Å²) in [6.07, 6.45) is -0.498. The predicted molar refractivity (Wildman–Crippen MR) is 31.2 cm³/mol. The molecular formula is C7H6O5-2. The molecule has 1 aliphatic carbocycles. The van der Waals surface area contributed by atoms with Gasteiger partial charge in [0.25, 0.3) is 0 Å². The maximum Gasteiger partial charge on any atom is 0.134 e. The van der Waals surface area contributed by atoms with Crippen LogP contribution in [0.4, 0.5) is 0 Å². The summed E-state index contributed by atoms with van der Waals surface area (Å²) in [6, 6.07) is 0. The Labute approximate surface area is 68.0 Å². The van der Waals surface area contributed by atoms with Crippen LogP contribution in [0.2, 0.25) is 0 Å². The molecule has 66 valence electrons. The Morgan fingerprint density at radius 3 is 1.67 bits per heavy atom. The number of ketones is 1. The summed E-state index contributed by atoms with van der Waals surface area (Å²) in [5.74, 6) is -5.76. The number of hydrogen-bond acceptors (Lipinski definition) is 5. The van der Waals surface area contributed by atoms with E-state index in [4.69, 9.17) is 0 Å². The van der Waals surface area contributed by atoms with Crippen LogP contribution in [-0.4, -0.2) is 17.7 Å². The molecule has 0 radical (unpaired) electrons. The largest absolute Gasteiger partial charge is 0.550 e. The van der Waals surface area contributed by atoms with E-state index < -0.39 is 23.8 Å². The second kappa shape index (κ2) is 2.92. The molecule has 0 aliphatic heterocycles. The average Bonchev–Trinajstić information content (AvgIpc) is 2.31. The van der Waals surface area contributed by atoms with Crippen LogP contribution in [0.3, 0.4) is 0 Å². The third-order valence-corrected chi connectivity index (χ3v) is 1.99. The first-order valence-corrected chi connectivity index (χ1v) is 3.45. The lowest BCUT2D eigenvalue weighted by Crippen LogP contribution is -2.41. The Bertz CT molecular complexity index is 220. The summed E-state index contributed by atoms with van der Waals surface area (Å²) in [5.41, 5.74) is 0. The lowest BCUT2D eigenvalue weighted by Gasteiger charge is -2.19. The van der Waals surface area contributed by atoms with Crippen LogP contribution in [0.5, 0.6) is 0 Å². The van der Waals surface area contributed by atoms with Crippen LogP contribution in [0.25, 0.3) is 0 Å². The second-order valence-electron chi connectivity index (χ2n) is 2.80. The Morgan fingerprint density at radius 2 is 1.42 bits per heavy atom. The van der Waals surface area contributed by atoms with Crippen LogP contribution in [0.15, 0.2) is 0 Å². The van der Waals surface area contributed by atoms with Crippen LogP contribution >= 0.6 is 0 Å². The molecule has 0 aromatic carbocycles. The maximum absolute atomic E-state index is 10.7. The summed E-state index contributed by atoms with van der Waals surface area (Å²) < 4.78 is 0. The normalized spacial score (nSPS) is 28.8. The van der Waals surface area contributed by atoms with E-state index in [1.165, 1.54) is 0 Å². The highest BCUT2D eigenvalue weighted by atomic mass is 16.4. The van der Waals surface area contributed by atoms with Crippen molar-refractivity contribution < 1.29 is 24.6 Å². The minimum Gasteiger partial charge on any atom is -0.550 e. The van der Waals surface area contributed by atoms with Crippen molar-refractivity contribution in [3.8, 4) is 0 Å². The van der Waals surface area contributed by atoms with Crippen molar-refractivity contribution in [3.63, 3.8) is 0 Å². The van der Waals surface area contributed by atoms with Gasteiger partial charge in [0.2, 0.25) is 0 Å². The van der Waals surface area contributed by atoms with Crippen LogP contribution < -0.4 is 10.2 Å². The van der Waals surface area contributed by atoms with E-state index >= 15 is 0 Å². The first-order chi connectivity index (χ1) is 5.52. The standard InChI is InChI=1S/C7H8O5/c8-3-1-4(6(9)10)5(2-3)7(11)12/h4-5H,1-2H2,(H,9,10)(H,11,12)/p-2/t4-,5-/m1/s1. The molecule has 12 heavy (non-hydrogen) atoms. The van der Waals surface area contributed by atoms with Gasteiger partial charge in [-0.25, -0.2) is 0 Å². The van der Waals surface area contributed by atoms with Crippen molar-refractivity contribution in [2.45, 2.75) is 12.8 Å². The summed E-state index contributed by atoms with van der Waals surface area (Å²) in [7, 11) is 0. The van der Waals surface area contributed by atoms with Gasteiger partial charge in [-0.05, 0) is 0 Å². The third-order valence-electron chi connectivity index (χ3n) is 1.99. The van der Waals surface area contributed by atoms with Crippen molar-refractivity contribution in [1.29, 1.82) is 0 Å². The smallest absolute Gasteiger partial charge is 0.134 e. The molecule has 5 nitrogen and oxygen atoms in total. The van der Waals surface area contributed by atoms with E-state index in [-0.39, 0.29) is 18.6 Å². The van der Waals surface area contributed by atoms with E-state index in [0.29, 0.717) is 0 Å². The number of carbonyl (C=O) groups is 3. The molecule has 0 spiro atoms. The quantitative estimate of drug-likeness (QED) is 0.442. The van der Waals surface area contributed by atoms with Gasteiger partial charge in [-0.2, -0.15) is 0 Å². The summed E-state index contributed by atoms with van der Waals surface area (Å²) in [4.78, 5) is 31.3. The van der Waals surface area contributed by atoms with E-state index in [1.807, 2.05) is 0 Å². The van der Waals surface area contributed by atoms with Crippen LogP contribution in [0.1, 0.15) is 12.8 Å². The molecule has 0 unspecified atom stereocenters. The zero-order valence-corrected chi connectivity index (χ0v) is 6.11. The van der Waals surface area contributed by atoms with Gasteiger partial charge in [0.15, 0.2) is 0 Å². The molecule has 1 saturated carbocycles. The van der Waals surface area contributed by atoms with Crippen molar-refractivity contribution >= 4 is 17.7 Å². The van der Waals surface area contributed by atoms with Gasteiger partial charge in [-0.15, -0.1) is 0 Å². The first kappa shape index (κ1) is 8.70. The molecule has 0 aromatic rings.